The molecule has 0 saturated carbocycles. The van der Waals surface area contributed by atoms with Gasteiger partial charge in [-0.2, -0.15) is 0 Å². The highest BCUT2D eigenvalue weighted by Gasteiger charge is 2.23. The summed E-state index contributed by atoms with van der Waals surface area (Å²) in [4.78, 5) is 34.9. The van der Waals surface area contributed by atoms with Gasteiger partial charge in [-0.25, -0.2) is 9.59 Å². The molecule has 0 aromatic heterocycles. The van der Waals surface area contributed by atoms with Crippen molar-refractivity contribution in [1.29, 1.82) is 0 Å². The smallest absolute Gasteiger partial charge is 0.408 e. The van der Waals surface area contributed by atoms with Crippen LogP contribution < -0.4 is 10.6 Å². The summed E-state index contributed by atoms with van der Waals surface area (Å²) in [6.07, 6.45) is 0.782. The molecule has 0 aromatic carbocycles. The summed E-state index contributed by atoms with van der Waals surface area (Å²) in [7, 11) is 1.63. The molecular formula is C25H48N2O11. The lowest BCUT2D eigenvalue weighted by atomic mass is 10.1. The van der Waals surface area contributed by atoms with Gasteiger partial charge in [-0.15, -0.1) is 0 Å². The van der Waals surface area contributed by atoms with Crippen molar-refractivity contribution in [3.05, 3.63) is 0 Å². The fraction of sp³-hybridized carbons (Fsp3) is 0.880. The Morgan fingerprint density at radius 3 is 1.66 bits per heavy atom. The average Bonchev–Trinajstić information content (AvgIpc) is 2.83. The highest BCUT2D eigenvalue weighted by Crippen LogP contribution is 2.08. The number of carbonyl (C=O) groups is 3. The van der Waals surface area contributed by atoms with Gasteiger partial charge in [-0.3, -0.25) is 4.79 Å². The first-order valence-corrected chi connectivity index (χ1v) is 13.0. The lowest BCUT2D eigenvalue weighted by Gasteiger charge is -2.22. The van der Waals surface area contributed by atoms with Crippen LogP contribution in [0.2, 0.25) is 0 Å². The van der Waals surface area contributed by atoms with Crippen molar-refractivity contribution in [2.24, 2.45) is 0 Å². The van der Waals surface area contributed by atoms with E-state index >= 15 is 0 Å². The first-order valence-electron chi connectivity index (χ1n) is 13.0. The van der Waals surface area contributed by atoms with E-state index in [0.29, 0.717) is 85.5 Å². The van der Waals surface area contributed by atoms with Crippen molar-refractivity contribution < 1.29 is 52.6 Å². The molecule has 0 radical (unpaired) electrons. The topological polar surface area (TPSA) is 160 Å². The van der Waals surface area contributed by atoms with Crippen molar-refractivity contribution in [3.63, 3.8) is 0 Å². The summed E-state index contributed by atoms with van der Waals surface area (Å²) in [5, 5.41) is 14.4. The van der Waals surface area contributed by atoms with E-state index in [-0.39, 0.29) is 25.4 Å². The number of rotatable bonds is 25. The number of nitrogens with one attached hydrogen (secondary N) is 2. The molecule has 0 unspecified atom stereocenters. The van der Waals surface area contributed by atoms with Crippen LogP contribution in [-0.4, -0.2) is 121 Å². The first-order chi connectivity index (χ1) is 18.2. The second-order valence-electron chi connectivity index (χ2n) is 9.19. The maximum absolute atomic E-state index is 11.9. The van der Waals surface area contributed by atoms with Crippen LogP contribution in [0, 0.1) is 0 Å². The van der Waals surface area contributed by atoms with Crippen LogP contribution in [0.1, 0.15) is 46.5 Å². The van der Waals surface area contributed by atoms with Crippen LogP contribution in [0.5, 0.6) is 0 Å². The summed E-state index contributed by atoms with van der Waals surface area (Å²) in [5.74, 6) is -1.28. The molecule has 13 nitrogen and oxygen atoms in total. The standard InChI is InChI=1S/C25H48N2O11/c1-25(2,3)38-24(31)27-21(23(29)30)7-5-6-9-26-22(28)8-10-33-13-14-35-17-18-37-20-19-36-16-15-34-12-11-32-4/h21H,5-20H2,1-4H3,(H,26,28)(H,27,31)(H,29,30)/t21-/m0/s1. The number of carboxylic acids is 1. The lowest BCUT2D eigenvalue weighted by molar-refractivity contribution is -0.139. The molecule has 2 amide bonds. The van der Waals surface area contributed by atoms with E-state index in [1.165, 1.54) is 0 Å². The maximum Gasteiger partial charge on any atom is 0.408 e. The number of alkyl carbamates (subject to hydrolysis) is 1. The summed E-state index contributed by atoms with van der Waals surface area (Å²) in [6.45, 7) is 10.6. The molecule has 0 rings (SSSR count). The van der Waals surface area contributed by atoms with Crippen LogP contribution in [0.15, 0.2) is 0 Å². The Kier molecular flexibility index (Phi) is 22.8. The number of hydrogen-bond donors (Lipinski definition) is 3. The van der Waals surface area contributed by atoms with Crippen LogP contribution in [0.3, 0.4) is 0 Å². The summed E-state index contributed by atoms with van der Waals surface area (Å²) in [5.41, 5.74) is -0.708. The Labute approximate surface area is 226 Å². The molecule has 0 spiro atoms. The highest BCUT2D eigenvalue weighted by atomic mass is 16.6. The SMILES string of the molecule is COCCOCCOCCOCCOCCOCCC(=O)NCCCC[C@H](NC(=O)OC(C)(C)C)C(=O)O. The molecule has 0 aromatic rings. The number of methoxy groups -OCH3 is 1. The van der Waals surface area contributed by atoms with Gasteiger partial charge in [-0.05, 0) is 40.0 Å². The quantitative estimate of drug-likeness (QED) is 0.140. The zero-order valence-corrected chi connectivity index (χ0v) is 23.4. The first kappa shape index (κ1) is 36.0. The van der Waals surface area contributed by atoms with E-state index in [0.717, 1.165) is 0 Å². The van der Waals surface area contributed by atoms with Gasteiger partial charge in [0.05, 0.1) is 72.7 Å². The van der Waals surface area contributed by atoms with Crippen LogP contribution in [0.4, 0.5) is 4.79 Å². The third-order valence-corrected chi connectivity index (χ3v) is 4.62. The zero-order valence-electron chi connectivity index (χ0n) is 23.4. The van der Waals surface area contributed by atoms with E-state index in [9.17, 15) is 19.5 Å². The van der Waals surface area contributed by atoms with E-state index in [2.05, 4.69) is 10.6 Å². The van der Waals surface area contributed by atoms with Crippen LogP contribution >= 0.6 is 0 Å². The van der Waals surface area contributed by atoms with Gasteiger partial charge in [0.2, 0.25) is 5.91 Å². The highest BCUT2D eigenvalue weighted by molar-refractivity contribution is 5.80. The molecular weight excluding hydrogens is 504 g/mol. The van der Waals surface area contributed by atoms with E-state index in [1.807, 2.05) is 0 Å². The van der Waals surface area contributed by atoms with E-state index in [1.54, 1.807) is 27.9 Å². The minimum atomic E-state index is -1.13. The number of ether oxygens (including phenoxy) is 7. The second kappa shape index (κ2) is 24.0. The molecule has 38 heavy (non-hydrogen) atoms. The molecule has 13 heteroatoms. The van der Waals surface area contributed by atoms with Crippen molar-refractivity contribution >= 4 is 18.0 Å². The number of aliphatic carboxylic acids is 1. The summed E-state index contributed by atoms with van der Waals surface area (Å²) < 4.78 is 36.8. The van der Waals surface area contributed by atoms with Gasteiger partial charge in [0.25, 0.3) is 0 Å². The van der Waals surface area contributed by atoms with Crippen LogP contribution in [-0.2, 0) is 42.7 Å². The van der Waals surface area contributed by atoms with Crippen molar-refractivity contribution in [1.82, 2.24) is 10.6 Å². The van der Waals surface area contributed by atoms with Crippen molar-refractivity contribution in [2.75, 3.05) is 86.3 Å². The average molecular weight is 553 g/mol. The van der Waals surface area contributed by atoms with Crippen LogP contribution in [0.25, 0.3) is 0 Å². The largest absolute Gasteiger partial charge is 0.480 e. The number of unbranched alkanes of at least 4 members (excludes halogenated alkanes) is 1. The van der Waals surface area contributed by atoms with E-state index in [4.69, 9.17) is 33.2 Å². The lowest BCUT2D eigenvalue weighted by Crippen LogP contribution is -2.43. The van der Waals surface area contributed by atoms with E-state index < -0.39 is 23.7 Å². The Morgan fingerprint density at radius 2 is 1.21 bits per heavy atom. The molecule has 0 aliphatic rings. The zero-order chi connectivity index (χ0) is 28.5. The fourth-order valence-electron chi connectivity index (χ4n) is 2.79. The Morgan fingerprint density at radius 1 is 0.737 bits per heavy atom. The Hall–Kier alpha value is -2.03. The maximum atomic E-state index is 11.9. The minimum absolute atomic E-state index is 0.148. The van der Waals surface area contributed by atoms with Gasteiger partial charge >= 0.3 is 12.1 Å². The second-order valence-corrected chi connectivity index (χ2v) is 9.19. The van der Waals surface area contributed by atoms with Gasteiger partial charge in [0.15, 0.2) is 0 Å². The number of carbonyl (C=O) groups excluding carboxylic acids is 2. The third kappa shape index (κ3) is 25.6. The predicted molar refractivity (Wildman–Crippen MR) is 138 cm³/mol. The summed E-state index contributed by atoms with van der Waals surface area (Å²) >= 11 is 0. The molecule has 0 saturated heterocycles. The van der Waals surface area contributed by atoms with Crippen molar-refractivity contribution in [3.8, 4) is 0 Å². The molecule has 1 atom stereocenters. The Balaban J connectivity index is 3.51. The van der Waals surface area contributed by atoms with Gasteiger partial charge in [0.1, 0.15) is 11.6 Å². The number of carboxylic acid groups (broad SMARTS) is 1. The molecule has 0 heterocycles. The van der Waals surface area contributed by atoms with Gasteiger partial charge < -0.3 is 48.9 Å². The minimum Gasteiger partial charge on any atom is -0.480 e. The molecule has 0 fully saturated rings. The normalized spacial score (nSPS) is 12.2. The molecule has 0 aliphatic heterocycles. The molecule has 0 aliphatic carbocycles. The van der Waals surface area contributed by atoms with Gasteiger partial charge in [0, 0.05) is 20.1 Å². The molecule has 0 bridgehead atoms. The third-order valence-electron chi connectivity index (χ3n) is 4.62. The fourth-order valence-corrected chi connectivity index (χ4v) is 2.79. The Bertz CT molecular complexity index is 615. The summed E-state index contributed by atoms with van der Waals surface area (Å²) in [6, 6.07) is -1.04. The monoisotopic (exact) mass is 552 g/mol. The molecule has 224 valence electrons. The molecule has 3 N–H and O–H groups in total. The van der Waals surface area contributed by atoms with Crippen molar-refractivity contribution in [2.45, 2.75) is 58.1 Å². The predicted octanol–water partition coefficient (Wildman–Crippen LogP) is 1.37. The number of hydrogen-bond acceptors (Lipinski definition) is 10. The number of amides is 2. The van der Waals surface area contributed by atoms with Gasteiger partial charge in [-0.1, -0.05) is 0 Å².